The van der Waals surface area contributed by atoms with Gasteiger partial charge in [-0.25, -0.2) is 0 Å². The van der Waals surface area contributed by atoms with Crippen molar-refractivity contribution in [3.05, 3.63) is 29.8 Å². The molecule has 19 heavy (non-hydrogen) atoms. The van der Waals surface area contributed by atoms with Crippen LogP contribution >= 0.6 is 0 Å². The lowest BCUT2D eigenvalue weighted by Crippen LogP contribution is -2.39. The summed E-state index contributed by atoms with van der Waals surface area (Å²) in [6, 6.07) is 9.22. The van der Waals surface area contributed by atoms with Gasteiger partial charge in [0.2, 0.25) is 0 Å². The number of benzene rings is 1. The zero-order chi connectivity index (χ0) is 13.5. The highest BCUT2D eigenvalue weighted by molar-refractivity contribution is 5.46. The Morgan fingerprint density at radius 3 is 2.74 bits per heavy atom. The Bertz CT molecular complexity index is 373. The molecule has 2 rings (SSSR count). The van der Waals surface area contributed by atoms with E-state index in [4.69, 9.17) is 5.11 Å². The second-order valence-corrected chi connectivity index (χ2v) is 5.56. The number of unbranched alkanes of at least 4 members (excludes halogenated alkanes) is 1. The molecule has 0 atom stereocenters. The Balaban J connectivity index is 1.71. The van der Waals surface area contributed by atoms with Crippen molar-refractivity contribution in [2.75, 3.05) is 31.6 Å². The largest absolute Gasteiger partial charge is 0.396 e. The van der Waals surface area contributed by atoms with Gasteiger partial charge in [0.1, 0.15) is 0 Å². The second-order valence-electron chi connectivity index (χ2n) is 5.56. The third-order valence-electron chi connectivity index (χ3n) is 3.86. The number of piperidine rings is 1. The maximum Gasteiger partial charge on any atom is 0.0431 e. The Hall–Kier alpha value is -1.06. The number of aliphatic hydroxyl groups is 1. The highest BCUT2D eigenvalue weighted by Crippen LogP contribution is 2.17. The summed E-state index contributed by atoms with van der Waals surface area (Å²) in [6.45, 7) is 5.95. The van der Waals surface area contributed by atoms with E-state index in [1.807, 2.05) is 0 Å². The Morgan fingerprint density at radius 2 is 2.05 bits per heavy atom. The van der Waals surface area contributed by atoms with Crippen LogP contribution in [0.4, 0.5) is 5.69 Å². The van der Waals surface area contributed by atoms with Gasteiger partial charge in [-0.05, 0) is 56.8 Å². The molecule has 0 spiro atoms. The van der Waals surface area contributed by atoms with Gasteiger partial charge in [-0.3, -0.25) is 0 Å². The van der Waals surface area contributed by atoms with Crippen LogP contribution < -0.4 is 5.32 Å². The van der Waals surface area contributed by atoms with Gasteiger partial charge >= 0.3 is 0 Å². The average Bonchev–Trinajstić information content (AvgIpc) is 2.41. The topological polar surface area (TPSA) is 35.5 Å². The first-order chi connectivity index (χ1) is 9.28. The summed E-state index contributed by atoms with van der Waals surface area (Å²) in [6.07, 6.45) is 4.48. The normalized spacial score (nSPS) is 17.6. The minimum absolute atomic E-state index is 0.325. The van der Waals surface area contributed by atoms with E-state index in [2.05, 4.69) is 41.4 Å². The SMILES string of the molecule is Cc1cccc(NC2CCN(CCCCO)CC2)c1. The van der Waals surface area contributed by atoms with Crippen LogP contribution in [0.5, 0.6) is 0 Å². The van der Waals surface area contributed by atoms with Crippen LogP contribution in [-0.4, -0.2) is 42.3 Å². The number of likely N-dealkylation sites (tertiary alicyclic amines) is 1. The lowest BCUT2D eigenvalue weighted by Gasteiger charge is -2.32. The smallest absolute Gasteiger partial charge is 0.0431 e. The molecule has 1 aliphatic heterocycles. The van der Waals surface area contributed by atoms with Crippen molar-refractivity contribution in [3.63, 3.8) is 0 Å². The molecule has 1 heterocycles. The summed E-state index contributed by atoms with van der Waals surface area (Å²) in [4.78, 5) is 2.52. The highest BCUT2D eigenvalue weighted by atomic mass is 16.2. The number of nitrogens with one attached hydrogen (secondary N) is 1. The molecule has 0 aromatic heterocycles. The number of nitrogens with zero attached hydrogens (tertiary/aromatic N) is 1. The summed E-state index contributed by atoms with van der Waals surface area (Å²) in [5.41, 5.74) is 2.56. The first-order valence-electron chi connectivity index (χ1n) is 7.44. The third-order valence-corrected chi connectivity index (χ3v) is 3.86. The van der Waals surface area contributed by atoms with Crippen LogP contribution in [0.3, 0.4) is 0 Å². The molecule has 1 aromatic rings. The highest BCUT2D eigenvalue weighted by Gasteiger charge is 2.18. The van der Waals surface area contributed by atoms with E-state index in [0.717, 1.165) is 19.4 Å². The predicted molar refractivity (Wildman–Crippen MR) is 80.6 cm³/mol. The van der Waals surface area contributed by atoms with Crippen LogP contribution in [0.25, 0.3) is 0 Å². The van der Waals surface area contributed by atoms with E-state index in [1.165, 1.54) is 37.2 Å². The van der Waals surface area contributed by atoms with Crippen molar-refractivity contribution in [2.24, 2.45) is 0 Å². The lowest BCUT2D eigenvalue weighted by molar-refractivity contribution is 0.205. The van der Waals surface area contributed by atoms with E-state index >= 15 is 0 Å². The molecule has 0 unspecified atom stereocenters. The Kier molecular flexibility index (Phi) is 5.67. The fourth-order valence-corrected chi connectivity index (χ4v) is 2.72. The Labute approximate surface area is 116 Å². The molecule has 1 aromatic carbocycles. The molecule has 106 valence electrons. The van der Waals surface area contributed by atoms with Gasteiger partial charge in [-0.1, -0.05) is 12.1 Å². The standard InChI is InChI=1S/C16H26N2O/c1-14-5-4-6-16(13-14)17-15-7-10-18(11-8-15)9-2-3-12-19/h4-6,13,15,17,19H,2-3,7-12H2,1H3. The number of aliphatic hydroxyl groups excluding tert-OH is 1. The Morgan fingerprint density at radius 1 is 1.26 bits per heavy atom. The van der Waals surface area contributed by atoms with Crippen molar-refractivity contribution >= 4 is 5.69 Å². The van der Waals surface area contributed by atoms with E-state index in [0.29, 0.717) is 12.6 Å². The van der Waals surface area contributed by atoms with E-state index in [-0.39, 0.29) is 0 Å². The van der Waals surface area contributed by atoms with Gasteiger partial charge in [0.25, 0.3) is 0 Å². The summed E-state index contributed by atoms with van der Waals surface area (Å²) >= 11 is 0. The molecule has 0 aliphatic carbocycles. The van der Waals surface area contributed by atoms with Crippen LogP contribution in [0.2, 0.25) is 0 Å². The molecule has 3 heteroatoms. The number of rotatable bonds is 6. The molecule has 0 saturated carbocycles. The molecule has 0 bridgehead atoms. The monoisotopic (exact) mass is 262 g/mol. The molecule has 0 radical (unpaired) electrons. The predicted octanol–water partition coefficient (Wildman–Crippen LogP) is 2.64. The summed E-state index contributed by atoms with van der Waals surface area (Å²) in [5, 5.41) is 12.4. The zero-order valence-corrected chi connectivity index (χ0v) is 11.9. The second kappa shape index (κ2) is 7.51. The van der Waals surface area contributed by atoms with Crippen molar-refractivity contribution < 1.29 is 5.11 Å². The van der Waals surface area contributed by atoms with Gasteiger partial charge in [-0.15, -0.1) is 0 Å². The van der Waals surface area contributed by atoms with Crippen molar-refractivity contribution in [1.82, 2.24) is 4.90 Å². The first-order valence-corrected chi connectivity index (χ1v) is 7.44. The van der Waals surface area contributed by atoms with Gasteiger partial charge in [0, 0.05) is 31.4 Å². The number of aryl methyl sites for hydroxylation is 1. The fourth-order valence-electron chi connectivity index (χ4n) is 2.72. The lowest BCUT2D eigenvalue weighted by atomic mass is 10.0. The van der Waals surface area contributed by atoms with Crippen LogP contribution in [0.15, 0.2) is 24.3 Å². The minimum atomic E-state index is 0.325. The summed E-state index contributed by atoms with van der Waals surface area (Å²) < 4.78 is 0. The van der Waals surface area contributed by atoms with Crippen molar-refractivity contribution in [2.45, 2.75) is 38.6 Å². The number of anilines is 1. The third kappa shape index (κ3) is 4.84. The maximum atomic E-state index is 8.80. The van der Waals surface area contributed by atoms with Crippen LogP contribution in [0.1, 0.15) is 31.2 Å². The molecule has 3 nitrogen and oxygen atoms in total. The zero-order valence-electron chi connectivity index (χ0n) is 11.9. The van der Waals surface area contributed by atoms with Crippen molar-refractivity contribution in [3.8, 4) is 0 Å². The van der Waals surface area contributed by atoms with Gasteiger partial charge in [-0.2, -0.15) is 0 Å². The minimum Gasteiger partial charge on any atom is -0.396 e. The summed E-state index contributed by atoms with van der Waals surface area (Å²) in [5.74, 6) is 0. The fraction of sp³-hybridized carbons (Fsp3) is 0.625. The van der Waals surface area contributed by atoms with E-state index < -0.39 is 0 Å². The van der Waals surface area contributed by atoms with E-state index in [1.54, 1.807) is 0 Å². The average molecular weight is 262 g/mol. The molecule has 2 N–H and O–H groups in total. The van der Waals surface area contributed by atoms with Crippen LogP contribution in [-0.2, 0) is 0 Å². The molecular formula is C16H26N2O. The molecule has 1 saturated heterocycles. The number of hydrogen-bond acceptors (Lipinski definition) is 3. The maximum absolute atomic E-state index is 8.80. The van der Waals surface area contributed by atoms with Gasteiger partial charge in [0.05, 0.1) is 0 Å². The van der Waals surface area contributed by atoms with Gasteiger partial charge in [0.15, 0.2) is 0 Å². The van der Waals surface area contributed by atoms with Gasteiger partial charge < -0.3 is 15.3 Å². The molecule has 1 fully saturated rings. The van der Waals surface area contributed by atoms with E-state index in [9.17, 15) is 0 Å². The molecular weight excluding hydrogens is 236 g/mol. The van der Waals surface area contributed by atoms with Crippen LogP contribution in [0, 0.1) is 6.92 Å². The van der Waals surface area contributed by atoms with Crippen molar-refractivity contribution in [1.29, 1.82) is 0 Å². The number of hydrogen-bond donors (Lipinski definition) is 2. The first kappa shape index (κ1) is 14.4. The summed E-state index contributed by atoms with van der Waals surface area (Å²) in [7, 11) is 0. The molecule has 1 aliphatic rings. The quantitative estimate of drug-likeness (QED) is 0.774. The molecule has 0 amide bonds.